The highest BCUT2D eigenvalue weighted by molar-refractivity contribution is 4.95. The van der Waals surface area contributed by atoms with Crippen molar-refractivity contribution in [2.75, 3.05) is 6.61 Å². The molecular formula is C12H22N2O. The minimum atomic E-state index is -0.0307. The second kappa shape index (κ2) is 6.09. The smallest absolute Gasteiger partial charge is 0.0977 e. The van der Waals surface area contributed by atoms with Crippen molar-refractivity contribution in [3.05, 3.63) is 0 Å². The molecule has 2 atom stereocenters. The molecule has 1 aliphatic rings. The molecule has 1 aliphatic carbocycles. The zero-order valence-corrected chi connectivity index (χ0v) is 9.99. The molecule has 0 radical (unpaired) electrons. The van der Waals surface area contributed by atoms with Gasteiger partial charge in [-0.25, -0.2) is 0 Å². The highest BCUT2D eigenvalue weighted by atomic mass is 16.5. The summed E-state index contributed by atoms with van der Waals surface area (Å²) in [5.41, 5.74) is 0. The van der Waals surface area contributed by atoms with Crippen molar-refractivity contribution in [2.45, 2.75) is 58.2 Å². The first-order valence-electron chi connectivity index (χ1n) is 5.90. The molecule has 0 saturated heterocycles. The Morgan fingerprint density at radius 2 is 2.07 bits per heavy atom. The molecule has 0 spiro atoms. The number of hydrogen-bond donors (Lipinski definition) is 1. The Balaban J connectivity index is 2.08. The Hall–Kier alpha value is -0.590. The lowest BCUT2D eigenvalue weighted by Gasteiger charge is -2.18. The maximum absolute atomic E-state index is 8.91. The molecule has 0 aliphatic heterocycles. The second-order valence-electron chi connectivity index (χ2n) is 4.73. The van der Waals surface area contributed by atoms with Crippen LogP contribution in [0, 0.1) is 17.2 Å². The monoisotopic (exact) mass is 210 g/mol. The predicted octanol–water partition coefficient (Wildman–Crippen LogP) is 2.08. The van der Waals surface area contributed by atoms with E-state index in [1.165, 1.54) is 12.8 Å². The molecule has 2 unspecified atom stereocenters. The van der Waals surface area contributed by atoms with E-state index >= 15 is 0 Å². The molecule has 1 rings (SSSR count). The summed E-state index contributed by atoms with van der Waals surface area (Å²) < 4.78 is 5.65. The highest BCUT2D eigenvalue weighted by Gasteiger charge is 2.24. The Morgan fingerprint density at radius 1 is 1.40 bits per heavy atom. The van der Waals surface area contributed by atoms with E-state index in [-0.39, 0.29) is 12.1 Å². The molecular weight excluding hydrogens is 188 g/mol. The van der Waals surface area contributed by atoms with E-state index in [2.05, 4.69) is 32.2 Å². The summed E-state index contributed by atoms with van der Waals surface area (Å²) in [6.07, 6.45) is 3.53. The molecule has 1 saturated carbocycles. The van der Waals surface area contributed by atoms with Crippen molar-refractivity contribution in [1.29, 1.82) is 5.26 Å². The van der Waals surface area contributed by atoms with E-state index in [0.29, 0.717) is 18.6 Å². The number of nitriles is 1. The van der Waals surface area contributed by atoms with Crippen LogP contribution in [0.15, 0.2) is 0 Å². The summed E-state index contributed by atoms with van der Waals surface area (Å²) in [6.45, 7) is 7.06. The van der Waals surface area contributed by atoms with Gasteiger partial charge in [0.05, 0.1) is 18.2 Å². The molecule has 0 bridgehead atoms. The average molecular weight is 210 g/mol. The molecule has 1 N–H and O–H groups in total. The van der Waals surface area contributed by atoms with Crippen molar-refractivity contribution in [2.24, 2.45) is 5.92 Å². The largest absolute Gasteiger partial charge is 0.378 e. The van der Waals surface area contributed by atoms with E-state index in [1.807, 2.05) is 0 Å². The van der Waals surface area contributed by atoms with Crippen molar-refractivity contribution < 1.29 is 4.74 Å². The standard InChI is InChI=1S/C12H22N2O/c1-9(2)10(3)15-7-6-12(8-13)14-11-4-5-11/h9-12,14H,4-7H2,1-3H3. The maximum Gasteiger partial charge on any atom is 0.0977 e. The van der Waals surface area contributed by atoms with Crippen LogP contribution in [-0.2, 0) is 4.74 Å². The van der Waals surface area contributed by atoms with Gasteiger partial charge in [-0.05, 0) is 32.1 Å². The molecule has 3 heteroatoms. The fourth-order valence-corrected chi connectivity index (χ4v) is 1.28. The van der Waals surface area contributed by atoms with Gasteiger partial charge in [-0.1, -0.05) is 13.8 Å². The van der Waals surface area contributed by atoms with Crippen LogP contribution in [0.25, 0.3) is 0 Å². The van der Waals surface area contributed by atoms with Gasteiger partial charge in [-0.15, -0.1) is 0 Å². The van der Waals surface area contributed by atoms with Gasteiger partial charge in [-0.2, -0.15) is 5.26 Å². The lowest BCUT2D eigenvalue weighted by Crippen LogP contribution is -2.31. The van der Waals surface area contributed by atoms with E-state index in [0.717, 1.165) is 6.42 Å². The van der Waals surface area contributed by atoms with Crippen LogP contribution < -0.4 is 5.32 Å². The number of nitrogens with zero attached hydrogens (tertiary/aromatic N) is 1. The molecule has 1 fully saturated rings. The Morgan fingerprint density at radius 3 is 2.53 bits per heavy atom. The van der Waals surface area contributed by atoms with Gasteiger partial charge in [0, 0.05) is 12.6 Å². The molecule has 86 valence electrons. The zero-order valence-electron chi connectivity index (χ0n) is 9.99. The SMILES string of the molecule is CC(C)C(C)OCCC(C#N)NC1CC1. The van der Waals surface area contributed by atoms with E-state index < -0.39 is 0 Å². The van der Waals surface area contributed by atoms with E-state index in [9.17, 15) is 0 Å². The van der Waals surface area contributed by atoms with Crippen molar-refractivity contribution in [3.63, 3.8) is 0 Å². The lowest BCUT2D eigenvalue weighted by atomic mass is 10.1. The molecule has 0 aromatic carbocycles. The van der Waals surface area contributed by atoms with Gasteiger partial charge in [0.15, 0.2) is 0 Å². The summed E-state index contributed by atoms with van der Waals surface area (Å²) in [5.74, 6) is 0.543. The fourth-order valence-electron chi connectivity index (χ4n) is 1.28. The van der Waals surface area contributed by atoms with Crippen LogP contribution in [0.2, 0.25) is 0 Å². The molecule has 0 heterocycles. The van der Waals surface area contributed by atoms with Crippen LogP contribution >= 0.6 is 0 Å². The van der Waals surface area contributed by atoms with Gasteiger partial charge < -0.3 is 4.74 Å². The summed E-state index contributed by atoms with van der Waals surface area (Å²) in [7, 11) is 0. The van der Waals surface area contributed by atoms with Crippen molar-refractivity contribution in [1.82, 2.24) is 5.32 Å². The maximum atomic E-state index is 8.91. The summed E-state index contributed by atoms with van der Waals surface area (Å²) in [6, 6.07) is 2.85. The van der Waals surface area contributed by atoms with Crippen LogP contribution in [0.4, 0.5) is 0 Å². The normalized spacial score (nSPS) is 19.9. The van der Waals surface area contributed by atoms with Crippen LogP contribution in [-0.4, -0.2) is 24.8 Å². The van der Waals surface area contributed by atoms with Gasteiger partial charge in [-0.3, -0.25) is 5.32 Å². The predicted molar refractivity (Wildman–Crippen MR) is 60.4 cm³/mol. The molecule has 15 heavy (non-hydrogen) atoms. The van der Waals surface area contributed by atoms with E-state index in [1.54, 1.807) is 0 Å². The zero-order chi connectivity index (χ0) is 11.3. The van der Waals surface area contributed by atoms with Gasteiger partial charge in [0.25, 0.3) is 0 Å². The van der Waals surface area contributed by atoms with E-state index in [4.69, 9.17) is 10.00 Å². The first-order chi connectivity index (χ1) is 7.13. The second-order valence-corrected chi connectivity index (χ2v) is 4.73. The Labute approximate surface area is 92.8 Å². The average Bonchev–Trinajstić information content (AvgIpc) is 2.99. The van der Waals surface area contributed by atoms with Crippen LogP contribution in [0.1, 0.15) is 40.0 Å². The highest BCUT2D eigenvalue weighted by Crippen LogP contribution is 2.19. The topological polar surface area (TPSA) is 45.0 Å². The van der Waals surface area contributed by atoms with Gasteiger partial charge in [0.2, 0.25) is 0 Å². The summed E-state index contributed by atoms with van der Waals surface area (Å²) in [4.78, 5) is 0. The Kier molecular flexibility index (Phi) is 5.07. The fraction of sp³-hybridized carbons (Fsp3) is 0.917. The van der Waals surface area contributed by atoms with Crippen LogP contribution in [0.3, 0.4) is 0 Å². The third kappa shape index (κ3) is 5.15. The number of nitrogens with one attached hydrogen (secondary N) is 1. The van der Waals surface area contributed by atoms with Crippen LogP contribution in [0.5, 0.6) is 0 Å². The van der Waals surface area contributed by atoms with Gasteiger partial charge >= 0.3 is 0 Å². The third-order valence-corrected chi connectivity index (χ3v) is 2.90. The van der Waals surface area contributed by atoms with Gasteiger partial charge in [0.1, 0.15) is 0 Å². The third-order valence-electron chi connectivity index (χ3n) is 2.90. The number of rotatable bonds is 7. The molecule has 0 aromatic rings. The minimum Gasteiger partial charge on any atom is -0.378 e. The minimum absolute atomic E-state index is 0.0307. The molecule has 0 aromatic heterocycles. The number of ether oxygens (including phenoxy) is 1. The number of hydrogen-bond acceptors (Lipinski definition) is 3. The Bertz CT molecular complexity index is 218. The quantitative estimate of drug-likeness (QED) is 0.699. The first-order valence-corrected chi connectivity index (χ1v) is 5.90. The first kappa shape index (κ1) is 12.5. The van der Waals surface area contributed by atoms with Crippen molar-refractivity contribution in [3.8, 4) is 6.07 Å². The molecule has 0 amide bonds. The lowest BCUT2D eigenvalue weighted by molar-refractivity contribution is 0.0321. The molecule has 3 nitrogen and oxygen atoms in total. The summed E-state index contributed by atoms with van der Waals surface area (Å²) >= 11 is 0. The van der Waals surface area contributed by atoms with Crippen molar-refractivity contribution >= 4 is 0 Å². The summed E-state index contributed by atoms with van der Waals surface area (Å²) in [5, 5.41) is 12.2.